The molecule has 0 bridgehead atoms. The molecule has 6 nitrogen and oxygen atoms in total. The van der Waals surface area contributed by atoms with E-state index in [0.717, 1.165) is 15.5 Å². The molecule has 0 aliphatic carbocycles. The molecule has 3 aromatic rings. The summed E-state index contributed by atoms with van der Waals surface area (Å²) < 4.78 is 12.2. The summed E-state index contributed by atoms with van der Waals surface area (Å²) in [4.78, 5) is 5.31. The van der Waals surface area contributed by atoms with E-state index in [0.29, 0.717) is 28.8 Å². The Bertz CT molecular complexity index is 905. The SMILES string of the molecule is COc1ccc(-c2nc3sc(C(C)C)nn3c2C#N)cc1OC. The smallest absolute Gasteiger partial charge is 0.214 e. The summed E-state index contributed by atoms with van der Waals surface area (Å²) >= 11 is 1.50. The van der Waals surface area contributed by atoms with Gasteiger partial charge in [-0.15, -0.1) is 0 Å². The van der Waals surface area contributed by atoms with Crippen molar-refractivity contribution in [3.05, 3.63) is 28.9 Å². The summed E-state index contributed by atoms with van der Waals surface area (Å²) in [6, 6.07) is 7.68. The highest BCUT2D eigenvalue weighted by atomic mass is 32.1. The molecule has 0 fully saturated rings. The van der Waals surface area contributed by atoms with Gasteiger partial charge in [-0.3, -0.25) is 0 Å². The Morgan fingerprint density at radius 2 is 1.96 bits per heavy atom. The zero-order valence-electron chi connectivity index (χ0n) is 13.3. The van der Waals surface area contributed by atoms with Crippen LogP contribution in [0.4, 0.5) is 0 Å². The van der Waals surface area contributed by atoms with Crippen molar-refractivity contribution < 1.29 is 9.47 Å². The average molecular weight is 328 g/mol. The van der Waals surface area contributed by atoms with Crippen LogP contribution in [0.3, 0.4) is 0 Å². The standard InChI is InChI=1S/C16H16N4O2S/c1-9(2)15-19-20-11(8-17)14(18-16(20)23-15)10-5-6-12(21-3)13(7-10)22-4/h5-7,9H,1-4H3. The van der Waals surface area contributed by atoms with Crippen molar-refractivity contribution in [1.29, 1.82) is 5.26 Å². The van der Waals surface area contributed by atoms with Crippen LogP contribution in [0.5, 0.6) is 11.5 Å². The van der Waals surface area contributed by atoms with Crippen molar-refractivity contribution in [3.8, 4) is 28.8 Å². The Kier molecular flexibility index (Phi) is 3.92. The molecule has 7 heteroatoms. The number of ether oxygens (including phenoxy) is 2. The maximum absolute atomic E-state index is 9.54. The van der Waals surface area contributed by atoms with Crippen molar-refractivity contribution in [1.82, 2.24) is 14.6 Å². The van der Waals surface area contributed by atoms with Crippen molar-refractivity contribution in [2.24, 2.45) is 0 Å². The van der Waals surface area contributed by atoms with Crippen molar-refractivity contribution in [3.63, 3.8) is 0 Å². The molecule has 2 heterocycles. The highest BCUT2D eigenvalue weighted by Gasteiger charge is 2.19. The lowest BCUT2D eigenvalue weighted by molar-refractivity contribution is 0.355. The lowest BCUT2D eigenvalue weighted by Crippen LogP contribution is -1.95. The lowest BCUT2D eigenvalue weighted by atomic mass is 10.1. The van der Waals surface area contributed by atoms with Crippen LogP contribution in [0.1, 0.15) is 30.5 Å². The predicted octanol–water partition coefficient (Wildman–Crippen LogP) is 3.47. The minimum Gasteiger partial charge on any atom is -0.493 e. The average Bonchev–Trinajstić information content (AvgIpc) is 3.11. The second kappa shape index (κ2) is 5.89. The number of aromatic nitrogens is 3. The fraction of sp³-hybridized carbons (Fsp3) is 0.312. The highest BCUT2D eigenvalue weighted by molar-refractivity contribution is 7.16. The van der Waals surface area contributed by atoms with Gasteiger partial charge in [0.2, 0.25) is 4.96 Å². The highest BCUT2D eigenvalue weighted by Crippen LogP contribution is 2.34. The predicted molar refractivity (Wildman–Crippen MR) is 88.2 cm³/mol. The van der Waals surface area contributed by atoms with Crippen LogP contribution >= 0.6 is 11.3 Å². The zero-order valence-corrected chi connectivity index (χ0v) is 14.1. The monoisotopic (exact) mass is 328 g/mol. The third-order valence-corrected chi connectivity index (χ3v) is 4.68. The van der Waals surface area contributed by atoms with Gasteiger partial charge in [-0.25, -0.2) is 4.98 Å². The Morgan fingerprint density at radius 3 is 2.57 bits per heavy atom. The van der Waals surface area contributed by atoms with Crippen LogP contribution in [0, 0.1) is 11.3 Å². The van der Waals surface area contributed by atoms with Crippen LogP contribution in [-0.4, -0.2) is 28.8 Å². The molecule has 23 heavy (non-hydrogen) atoms. The van der Waals surface area contributed by atoms with Crippen LogP contribution < -0.4 is 9.47 Å². The summed E-state index contributed by atoms with van der Waals surface area (Å²) in [6.45, 7) is 4.14. The van der Waals surface area contributed by atoms with E-state index < -0.39 is 0 Å². The molecule has 118 valence electrons. The van der Waals surface area contributed by atoms with E-state index in [4.69, 9.17) is 9.47 Å². The molecular formula is C16H16N4O2S. The molecule has 0 saturated heterocycles. The Hall–Kier alpha value is -2.59. The van der Waals surface area contributed by atoms with E-state index in [2.05, 4.69) is 30.0 Å². The van der Waals surface area contributed by atoms with Gasteiger partial charge >= 0.3 is 0 Å². The van der Waals surface area contributed by atoms with Gasteiger partial charge in [-0.05, 0) is 18.2 Å². The normalized spacial score (nSPS) is 11.0. The number of methoxy groups -OCH3 is 2. The summed E-state index contributed by atoms with van der Waals surface area (Å²) in [7, 11) is 3.16. The van der Waals surface area contributed by atoms with Gasteiger partial charge in [0.05, 0.1) is 14.2 Å². The van der Waals surface area contributed by atoms with E-state index in [9.17, 15) is 5.26 Å². The van der Waals surface area contributed by atoms with Gasteiger partial charge in [-0.2, -0.15) is 14.9 Å². The molecule has 0 amide bonds. The lowest BCUT2D eigenvalue weighted by Gasteiger charge is -2.08. The second-order valence-electron chi connectivity index (χ2n) is 5.28. The fourth-order valence-electron chi connectivity index (χ4n) is 2.28. The number of nitriles is 1. The molecule has 1 aromatic carbocycles. The molecule has 0 spiro atoms. The molecule has 0 radical (unpaired) electrons. The number of hydrogen-bond donors (Lipinski definition) is 0. The summed E-state index contributed by atoms with van der Waals surface area (Å²) in [5.74, 6) is 1.54. The van der Waals surface area contributed by atoms with Crippen LogP contribution in [0.25, 0.3) is 16.2 Å². The largest absolute Gasteiger partial charge is 0.493 e. The first kappa shape index (κ1) is 15.3. The molecule has 2 aromatic heterocycles. The maximum atomic E-state index is 9.54. The Morgan fingerprint density at radius 1 is 1.22 bits per heavy atom. The summed E-state index contributed by atoms with van der Waals surface area (Å²) in [6.07, 6.45) is 0. The topological polar surface area (TPSA) is 72.4 Å². The van der Waals surface area contributed by atoms with Gasteiger partial charge in [0.15, 0.2) is 17.2 Å². The maximum Gasteiger partial charge on any atom is 0.214 e. The number of hydrogen-bond acceptors (Lipinski definition) is 6. The minimum atomic E-state index is 0.303. The van der Waals surface area contributed by atoms with Crippen LogP contribution in [0.2, 0.25) is 0 Å². The van der Waals surface area contributed by atoms with Crippen molar-refractivity contribution in [2.45, 2.75) is 19.8 Å². The number of benzene rings is 1. The number of imidazole rings is 1. The van der Waals surface area contributed by atoms with E-state index in [-0.39, 0.29) is 0 Å². The zero-order chi connectivity index (χ0) is 16.6. The van der Waals surface area contributed by atoms with Crippen molar-refractivity contribution >= 4 is 16.3 Å². The molecule has 0 atom stereocenters. The van der Waals surface area contributed by atoms with E-state index in [1.165, 1.54) is 11.3 Å². The summed E-state index contributed by atoms with van der Waals surface area (Å²) in [5.41, 5.74) is 1.82. The van der Waals surface area contributed by atoms with E-state index >= 15 is 0 Å². The van der Waals surface area contributed by atoms with Gasteiger partial charge < -0.3 is 9.47 Å². The fourth-order valence-corrected chi connectivity index (χ4v) is 3.18. The quantitative estimate of drug-likeness (QED) is 0.733. The van der Waals surface area contributed by atoms with Crippen molar-refractivity contribution in [2.75, 3.05) is 14.2 Å². The second-order valence-corrected chi connectivity index (χ2v) is 6.27. The number of nitrogens with zero attached hydrogens (tertiary/aromatic N) is 4. The van der Waals surface area contributed by atoms with E-state index in [1.54, 1.807) is 24.8 Å². The summed E-state index contributed by atoms with van der Waals surface area (Å²) in [5, 5.41) is 15.0. The van der Waals surface area contributed by atoms with Gasteiger partial charge in [0.25, 0.3) is 0 Å². The third-order valence-electron chi connectivity index (χ3n) is 3.48. The first-order valence-electron chi connectivity index (χ1n) is 7.11. The molecule has 0 unspecified atom stereocenters. The number of fused-ring (bicyclic) bond motifs is 1. The molecule has 0 N–H and O–H groups in total. The minimum absolute atomic E-state index is 0.303. The first-order chi connectivity index (χ1) is 11.1. The van der Waals surface area contributed by atoms with Gasteiger partial charge in [0, 0.05) is 11.5 Å². The molecule has 3 rings (SSSR count). The van der Waals surface area contributed by atoms with Crippen LogP contribution in [0.15, 0.2) is 18.2 Å². The Labute approximate surface area is 137 Å². The molecule has 0 saturated carbocycles. The number of rotatable bonds is 4. The van der Waals surface area contributed by atoms with E-state index in [1.807, 2.05) is 12.1 Å². The Balaban J connectivity index is 2.17. The third kappa shape index (κ3) is 2.51. The van der Waals surface area contributed by atoms with Crippen LogP contribution in [-0.2, 0) is 0 Å². The van der Waals surface area contributed by atoms with Gasteiger partial charge in [-0.1, -0.05) is 25.2 Å². The molecular weight excluding hydrogens is 312 g/mol. The van der Waals surface area contributed by atoms with Gasteiger partial charge in [0.1, 0.15) is 16.8 Å². The first-order valence-corrected chi connectivity index (χ1v) is 7.92. The molecule has 0 aliphatic rings. The molecule has 0 aliphatic heterocycles.